The third kappa shape index (κ3) is 4.15. The summed E-state index contributed by atoms with van der Waals surface area (Å²) in [5.41, 5.74) is 3.45. The zero-order valence-electron chi connectivity index (χ0n) is 14.4. The van der Waals surface area contributed by atoms with E-state index in [1.54, 1.807) is 11.8 Å². The van der Waals surface area contributed by atoms with Crippen molar-refractivity contribution < 1.29 is 14.7 Å². The Kier molecular flexibility index (Phi) is 5.75. The molecular weight excluding hydrogens is 348 g/mol. The fraction of sp³-hybridized carbons (Fsp3) is 0.200. The molecule has 0 atom stereocenters. The van der Waals surface area contributed by atoms with Crippen molar-refractivity contribution in [2.45, 2.75) is 17.6 Å². The summed E-state index contributed by atoms with van der Waals surface area (Å²) in [6.07, 6.45) is 1.28. The lowest BCUT2D eigenvalue weighted by molar-refractivity contribution is -0.137. The van der Waals surface area contributed by atoms with E-state index < -0.39 is 11.8 Å². The second-order valence-corrected chi connectivity index (χ2v) is 6.99. The maximum atomic E-state index is 12.3. The van der Waals surface area contributed by atoms with Gasteiger partial charge in [-0.1, -0.05) is 42.0 Å². The summed E-state index contributed by atoms with van der Waals surface area (Å²) < 4.78 is 0. The number of hydrogen-bond donors (Lipinski definition) is 2. The average Bonchev–Trinajstić information content (AvgIpc) is 2.90. The number of hydrogen-bond acceptors (Lipinski definition) is 5. The highest BCUT2D eigenvalue weighted by Gasteiger charge is 2.30. The SMILES string of the molecule is Cc1ccc(CSc2ccccc2NC2=CC(=O)N(CCO)C2=O)cc1. The summed E-state index contributed by atoms with van der Waals surface area (Å²) in [7, 11) is 0. The van der Waals surface area contributed by atoms with Gasteiger partial charge in [-0.05, 0) is 24.6 Å². The summed E-state index contributed by atoms with van der Waals surface area (Å²) in [5, 5.41) is 12.1. The quantitative estimate of drug-likeness (QED) is 0.581. The van der Waals surface area contributed by atoms with Gasteiger partial charge in [0.15, 0.2) is 0 Å². The van der Waals surface area contributed by atoms with Gasteiger partial charge >= 0.3 is 0 Å². The molecule has 0 bridgehead atoms. The van der Waals surface area contributed by atoms with E-state index in [2.05, 4.69) is 36.5 Å². The number of nitrogens with zero attached hydrogens (tertiary/aromatic N) is 1. The van der Waals surface area contributed by atoms with Crippen molar-refractivity contribution in [3.8, 4) is 0 Å². The van der Waals surface area contributed by atoms with Gasteiger partial charge in [0.05, 0.1) is 18.8 Å². The number of carbonyl (C=O) groups excluding carboxylic acids is 2. The number of nitrogens with one attached hydrogen (secondary N) is 1. The summed E-state index contributed by atoms with van der Waals surface area (Å²) in [4.78, 5) is 26.2. The molecule has 26 heavy (non-hydrogen) atoms. The van der Waals surface area contributed by atoms with Gasteiger partial charge in [-0.2, -0.15) is 0 Å². The number of aliphatic hydroxyl groups is 1. The number of benzene rings is 2. The van der Waals surface area contributed by atoms with Crippen LogP contribution in [0.2, 0.25) is 0 Å². The van der Waals surface area contributed by atoms with E-state index in [9.17, 15) is 9.59 Å². The van der Waals surface area contributed by atoms with Gasteiger partial charge < -0.3 is 10.4 Å². The molecule has 1 heterocycles. The van der Waals surface area contributed by atoms with Crippen molar-refractivity contribution in [3.05, 3.63) is 71.4 Å². The van der Waals surface area contributed by atoms with Gasteiger partial charge in [-0.15, -0.1) is 11.8 Å². The topological polar surface area (TPSA) is 69.6 Å². The number of aliphatic hydroxyl groups excluding tert-OH is 1. The number of carbonyl (C=O) groups is 2. The molecule has 6 heteroatoms. The first-order chi connectivity index (χ1) is 12.6. The van der Waals surface area contributed by atoms with E-state index >= 15 is 0 Å². The Labute approximate surface area is 156 Å². The summed E-state index contributed by atoms with van der Waals surface area (Å²) in [6, 6.07) is 16.1. The minimum absolute atomic E-state index is 0.00314. The second kappa shape index (κ2) is 8.21. The number of anilines is 1. The zero-order chi connectivity index (χ0) is 18.5. The normalized spacial score (nSPS) is 13.9. The molecule has 0 aliphatic carbocycles. The van der Waals surface area contributed by atoms with Crippen LogP contribution >= 0.6 is 11.8 Å². The van der Waals surface area contributed by atoms with Crippen molar-refractivity contribution >= 4 is 29.3 Å². The van der Waals surface area contributed by atoms with Crippen LogP contribution in [0, 0.1) is 6.92 Å². The Hall–Kier alpha value is -2.57. The molecule has 0 aromatic heterocycles. The average molecular weight is 368 g/mol. The second-order valence-electron chi connectivity index (χ2n) is 5.97. The van der Waals surface area contributed by atoms with E-state index in [0.29, 0.717) is 0 Å². The molecule has 2 aromatic carbocycles. The van der Waals surface area contributed by atoms with Crippen molar-refractivity contribution in [1.29, 1.82) is 0 Å². The van der Waals surface area contributed by atoms with Crippen LogP contribution in [0.3, 0.4) is 0 Å². The molecule has 0 unspecified atom stereocenters. The van der Waals surface area contributed by atoms with Crippen LogP contribution in [0.4, 0.5) is 5.69 Å². The number of imide groups is 1. The van der Waals surface area contributed by atoms with Gasteiger partial charge in [0.2, 0.25) is 0 Å². The fourth-order valence-corrected chi connectivity index (χ4v) is 3.56. The monoisotopic (exact) mass is 368 g/mol. The summed E-state index contributed by atoms with van der Waals surface area (Å²) in [5.74, 6) is -0.0135. The molecule has 1 aliphatic rings. The molecule has 5 nitrogen and oxygen atoms in total. The van der Waals surface area contributed by atoms with E-state index in [0.717, 1.165) is 21.2 Å². The van der Waals surface area contributed by atoms with E-state index in [1.807, 2.05) is 24.3 Å². The molecule has 2 aromatic rings. The molecular formula is C20H20N2O3S. The Morgan fingerprint density at radius 3 is 2.54 bits per heavy atom. The highest BCUT2D eigenvalue weighted by molar-refractivity contribution is 7.98. The Balaban J connectivity index is 1.71. The number of aryl methyl sites for hydroxylation is 1. The summed E-state index contributed by atoms with van der Waals surface area (Å²) in [6.45, 7) is 1.81. The first-order valence-corrected chi connectivity index (χ1v) is 9.30. The lowest BCUT2D eigenvalue weighted by Gasteiger charge is -2.15. The molecule has 0 radical (unpaired) electrons. The highest BCUT2D eigenvalue weighted by atomic mass is 32.2. The van der Waals surface area contributed by atoms with Crippen molar-refractivity contribution in [3.63, 3.8) is 0 Å². The van der Waals surface area contributed by atoms with Crippen LogP contribution < -0.4 is 5.32 Å². The smallest absolute Gasteiger partial charge is 0.277 e. The first kappa shape index (κ1) is 18.2. The Bertz CT molecular complexity index is 846. The van der Waals surface area contributed by atoms with Crippen LogP contribution in [0.15, 0.2) is 65.2 Å². The third-order valence-corrected chi connectivity index (χ3v) is 5.15. The van der Waals surface area contributed by atoms with E-state index in [-0.39, 0.29) is 18.8 Å². The van der Waals surface area contributed by atoms with Gasteiger partial charge in [0.1, 0.15) is 5.70 Å². The van der Waals surface area contributed by atoms with Crippen LogP contribution in [-0.4, -0.2) is 35.0 Å². The van der Waals surface area contributed by atoms with Gasteiger partial charge in [0.25, 0.3) is 11.8 Å². The van der Waals surface area contributed by atoms with Crippen LogP contribution in [0.1, 0.15) is 11.1 Å². The van der Waals surface area contributed by atoms with Gasteiger partial charge in [-0.3, -0.25) is 14.5 Å². The van der Waals surface area contributed by atoms with Gasteiger partial charge in [-0.25, -0.2) is 0 Å². The van der Waals surface area contributed by atoms with Crippen molar-refractivity contribution in [1.82, 2.24) is 4.90 Å². The molecule has 0 saturated carbocycles. The number of para-hydroxylation sites is 1. The fourth-order valence-electron chi connectivity index (χ4n) is 2.60. The predicted octanol–water partition coefficient (Wildman–Crippen LogP) is 2.94. The molecule has 3 rings (SSSR count). The van der Waals surface area contributed by atoms with Crippen molar-refractivity contribution in [2.24, 2.45) is 0 Å². The predicted molar refractivity (Wildman–Crippen MR) is 103 cm³/mol. The number of β-amino-alcohol motifs (C(OH)–C–C–N with tert-alkyl or cyclic N) is 1. The standard InChI is InChI=1S/C20H20N2O3S/c1-14-6-8-15(9-7-14)13-26-18-5-3-2-4-16(18)21-17-12-19(24)22(10-11-23)20(17)25/h2-9,12,21,23H,10-11,13H2,1H3. The zero-order valence-corrected chi connectivity index (χ0v) is 15.3. The molecule has 2 N–H and O–H groups in total. The Morgan fingerprint density at radius 1 is 1.08 bits per heavy atom. The number of thioether (sulfide) groups is 1. The van der Waals surface area contributed by atoms with Crippen LogP contribution in [0.25, 0.3) is 0 Å². The maximum Gasteiger partial charge on any atom is 0.277 e. The molecule has 1 aliphatic heterocycles. The summed E-state index contributed by atoms with van der Waals surface area (Å²) >= 11 is 1.66. The lowest BCUT2D eigenvalue weighted by Crippen LogP contribution is -2.34. The van der Waals surface area contributed by atoms with Crippen LogP contribution in [0.5, 0.6) is 0 Å². The minimum atomic E-state index is -0.414. The van der Waals surface area contributed by atoms with E-state index in [4.69, 9.17) is 5.11 Å². The van der Waals surface area contributed by atoms with Gasteiger partial charge in [0, 0.05) is 16.7 Å². The highest BCUT2D eigenvalue weighted by Crippen LogP contribution is 2.31. The number of rotatable bonds is 7. The molecule has 0 spiro atoms. The van der Waals surface area contributed by atoms with Crippen LogP contribution in [-0.2, 0) is 15.3 Å². The largest absolute Gasteiger partial charge is 0.395 e. The van der Waals surface area contributed by atoms with Crippen molar-refractivity contribution in [2.75, 3.05) is 18.5 Å². The molecule has 2 amide bonds. The first-order valence-electron chi connectivity index (χ1n) is 8.31. The third-order valence-electron chi connectivity index (χ3n) is 4.00. The van der Waals surface area contributed by atoms with E-state index in [1.165, 1.54) is 17.2 Å². The molecule has 0 fully saturated rings. The minimum Gasteiger partial charge on any atom is -0.395 e. The Morgan fingerprint density at radius 2 is 1.81 bits per heavy atom. The number of amides is 2. The lowest BCUT2D eigenvalue weighted by atomic mass is 10.2. The maximum absolute atomic E-state index is 12.3. The molecule has 134 valence electrons. The molecule has 0 saturated heterocycles.